The molecule has 1 amide bonds. The second-order valence-electron chi connectivity index (χ2n) is 6.41. The fraction of sp³-hybridized carbons (Fsp3) is 0.889. The number of aliphatic hydroxyl groups excluding tert-OH is 1. The molecule has 2 atom stereocenters. The molecule has 0 aliphatic carbocycles. The van der Waals surface area contributed by atoms with Crippen molar-refractivity contribution in [2.24, 2.45) is 0 Å². The third-order valence-electron chi connectivity index (χ3n) is 4.07. The van der Waals surface area contributed by atoms with E-state index in [1.165, 1.54) is 58.3 Å². The fourth-order valence-corrected chi connectivity index (χ4v) is 2.58. The summed E-state index contributed by atoms with van der Waals surface area (Å²) in [6, 6.07) is -1.21. The Morgan fingerprint density at radius 1 is 0.875 bits per heavy atom. The number of hydrogen-bond acceptors (Lipinski definition) is 3. The van der Waals surface area contributed by atoms with Crippen LogP contribution in [0.25, 0.3) is 0 Å². The van der Waals surface area contributed by atoms with E-state index in [1.807, 2.05) is 0 Å². The number of aliphatic carboxylic acids is 1. The van der Waals surface area contributed by atoms with Crippen LogP contribution in [0.2, 0.25) is 0 Å². The Morgan fingerprint density at radius 3 is 1.67 bits per heavy atom. The Balaban J connectivity index is 0. The third-order valence-corrected chi connectivity index (χ3v) is 4.07. The minimum absolute atomic E-state index is 0. The van der Waals surface area contributed by atoms with Crippen molar-refractivity contribution >= 4 is 41.4 Å². The molecule has 24 heavy (non-hydrogen) atoms. The molecule has 0 bridgehead atoms. The van der Waals surface area contributed by atoms with Crippen LogP contribution in [0.4, 0.5) is 0 Å². The SMILES string of the molecule is CCCCCCCCCCCCCC(=O)N[C@H](C(=O)O)[C@@H](C)O.[NaH]. The molecule has 5 nitrogen and oxygen atoms in total. The molecule has 0 heterocycles. The number of carbonyl (C=O) groups excluding carboxylic acids is 1. The van der Waals surface area contributed by atoms with E-state index in [-0.39, 0.29) is 35.5 Å². The number of carboxylic acids is 1. The van der Waals surface area contributed by atoms with E-state index in [4.69, 9.17) is 5.11 Å². The van der Waals surface area contributed by atoms with Crippen molar-refractivity contribution in [1.82, 2.24) is 5.32 Å². The third kappa shape index (κ3) is 15.4. The van der Waals surface area contributed by atoms with E-state index in [1.54, 1.807) is 0 Å². The Bertz CT molecular complexity index is 324. The summed E-state index contributed by atoms with van der Waals surface area (Å²) >= 11 is 0. The molecular formula is C18H36NNaO4. The number of rotatable bonds is 15. The molecule has 0 unspecified atom stereocenters. The van der Waals surface area contributed by atoms with Gasteiger partial charge in [0.25, 0.3) is 0 Å². The first kappa shape index (κ1) is 26.1. The zero-order chi connectivity index (χ0) is 17.5. The van der Waals surface area contributed by atoms with Gasteiger partial charge in [-0.15, -0.1) is 0 Å². The summed E-state index contributed by atoms with van der Waals surface area (Å²) in [6.45, 7) is 3.59. The van der Waals surface area contributed by atoms with Crippen molar-refractivity contribution in [2.45, 2.75) is 103 Å². The molecule has 0 saturated carbocycles. The van der Waals surface area contributed by atoms with Crippen molar-refractivity contribution in [3.8, 4) is 0 Å². The van der Waals surface area contributed by atoms with E-state index in [9.17, 15) is 14.7 Å². The van der Waals surface area contributed by atoms with E-state index < -0.39 is 18.1 Å². The molecule has 0 aromatic heterocycles. The summed E-state index contributed by atoms with van der Waals surface area (Å²) in [6.07, 6.45) is 12.6. The summed E-state index contributed by atoms with van der Waals surface area (Å²) in [7, 11) is 0. The van der Waals surface area contributed by atoms with Crippen molar-refractivity contribution in [2.75, 3.05) is 0 Å². The topological polar surface area (TPSA) is 86.6 Å². The van der Waals surface area contributed by atoms with Gasteiger partial charge in [-0.3, -0.25) is 4.79 Å². The molecular weight excluding hydrogens is 317 g/mol. The Hall–Kier alpha value is -0.100. The standard InChI is InChI=1S/C18H35NO4.Na.H/c1-3-4-5-6-7-8-9-10-11-12-13-14-16(21)19-17(15(2)20)18(22)23;;/h15,17,20H,3-14H2,1-2H3,(H,19,21)(H,22,23);;/t15-,17+;;/m1../s1. The van der Waals surface area contributed by atoms with Gasteiger partial charge < -0.3 is 15.5 Å². The minimum atomic E-state index is -1.21. The van der Waals surface area contributed by atoms with E-state index in [0.717, 1.165) is 19.3 Å². The van der Waals surface area contributed by atoms with Crippen LogP contribution in [0, 0.1) is 0 Å². The average molecular weight is 353 g/mol. The molecule has 0 aromatic carbocycles. The maximum absolute atomic E-state index is 11.6. The molecule has 0 radical (unpaired) electrons. The summed E-state index contributed by atoms with van der Waals surface area (Å²) in [5.74, 6) is -1.50. The van der Waals surface area contributed by atoms with Crippen LogP contribution in [0.15, 0.2) is 0 Å². The van der Waals surface area contributed by atoms with Gasteiger partial charge in [-0.2, -0.15) is 0 Å². The normalized spacial score (nSPS) is 13.0. The monoisotopic (exact) mass is 353 g/mol. The molecule has 138 valence electrons. The molecule has 3 N–H and O–H groups in total. The number of carboxylic acid groups (broad SMARTS) is 1. The second-order valence-corrected chi connectivity index (χ2v) is 6.41. The van der Waals surface area contributed by atoms with Crippen molar-refractivity contribution in [3.05, 3.63) is 0 Å². The van der Waals surface area contributed by atoms with Crippen LogP contribution in [-0.4, -0.2) is 63.8 Å². The van der Waals surface area contributed by atoms with Gasteiger partial charge in [0.1, 0.15) is 0 Å². The van der Waals surface area contributed by atoms with Gasteiger partial charge in [0.05, 0.1) is 6.10 Å². The summed E-state index contributed by atoms with van der Waals surface area (Å²) in [5, 5.41) is 20.5. The molecule has 0 rings (SSSR count). The van der Waals surface area contributed by atoms with Gasteiger partial charge in [0, 0.05) is 6.42 Å². The van der Waals surface area contributed by atoms with Gasteiger partial charge in [-0.1, -0.05) is 71.1 Å². The van der Waals surface area contributed by atoms with Crippen LogP contribution in [-0.2, 0) is 9.59 Å². The zero-order valence-electron chi connectivity index (χ0n) is 14.9. The van der Waals surface area contributed by atoms with Crippen LogP contribution >= 0.6 is 0 Å². The van der Waals surface area contributed by atoms with Gasteiger partial charge in [-0.25, -0.2) is 4.79 Å². The maximum atomic E-state index is 11.6. The molecule has 0 aliphatic heterocycles. The van der Waals surface area contributed by atoms with Crippen LogP contribution in [0.1, 0.15) is 90.9 Å². The second kappa shape index (κ2) is 17.7. The summed E-state index contributed by atoms with van der Waals surface area (Å²) in [4.78, 5) is 22.5. The Labute approximate surface area is 169 Å². The van der Waals surface area contributed by atoms with Gasteiger partial charge >= 0.3 is 35.5 Å². The number of nitrogens with one attached hydrogen (secondary N) is 1. The van der Waals surface area contributed by atoms with Crippen LogP contribution in [0.3, 0.4) is 0 Å². The first-order valence-electron chi connectivity index (χ1n) is 9.19. The first-order chi connectivity index (χ1) is 11.0. The molecule has 0 spiro atoms. The Kier molecular flexibility index (Phi) is 19.3. The number of amides is 1. The number of hydrogen-bond donors (Lipinski definition) is 3. The van der Waals surface area contributed by atoms with Crippen molar-refractivity contribution in [1.29, 1.82) is 0 Å². The predicted octanol–water partition coefficient (Wildman–Crippen LogP) is 2.99. The molecule has 0 fully saturated rings. The van der Waals surface area contributed by atoms with Gasteiger partial charge in [0.15, 0.2) is 6.04 Å². The molecule has 0 aromatic rings. The van der Waals surface area contributed by atoms with Gasteiger partial charge in [-0.05, 0) is 13.3 Å². The van der Waals surface area contributed by atoms with E-state index in [2.05, 4.69) is 12.2 Å². The summed E-state index contributed by atoms with van der Waals surface area (Å²) in [5.41, 5.74) is 0. The predicted molar refractivity (Wildman–Crippen MR) is 99.5 cm³/mol. The summed E-state index contributed by atoms with van der Waals surface area (Å²) < 4.78 is 0. The van der Waals surface area contributed by atoms with Crippen molar-refractivity contribution in [3.63, 3.8) is 0 Å². The quantitative estimate of drug-likeness (QED) is 0.312. The molecule has 0 saturated heterocycles. The first-order valence-corrected chi connectivity index (χ1v) is 9.19. The Morgan fingerprint density at radius 2 is 1.29 bits per heavy atom. The molecule has 0 aliphatic rings. The fourth-order valence-electron chi connectivity index (χ4n) is 2.58. The molecule has 6 heteroatoms. The number of aliphatic hydroxyl groups is 1. The van der Waals surface area contributed by atoms with Crippen molar-refractivity contribution < 1.29 is 19.8 Å². The van der Waals surface area contributed by atoms with Crippen LogP contribution in [0.5, 0.6) is 0 Å². The average Bonchev–Trinajstić information content (AvgIpc) is 2.49. The van der Waals surface area contributed by atoms with Gasteiger partial charge in [0.2, 0.25) is 5.91 Å². The number of carbonyl (C=O) groups is 2. The number of unbranched alkanes of at least 4 members (excludes halogenated alkanes) is 10. The zero-order valence-corrected chi connectivity index (χ0v) is 14.9. The van der Waals surface area contributed by atoms with E-state index >= 15 is 0 Å². The van der Waals surface area contributed by atoms with E-state index in [0.29, 0.717) is 6.42 Å². The van der Waals surface area contributed by atoms with Crippen LogP contribution < -0.4 is 5.32 Å².